The minimum atomic E-state index is -0.0291. The summed E-state index contributed by atoms with van der Waals surface area (Å²) >= 11 is 0. The number of nitrogens with zero attached hydrogens (tertiary/aromatic N) is 6. The summed E-state index contributed by atoms with van der Waals surface area (Å²) in [6, 6.07) is 15.2. The summed E-state index contributed by atoms with van der Waals surface area (Å²) in [7, 11) is 0. The van der Waals surface area contributed by atoms with E-state index in [2.05, 4.69) is 25.4 Å². The fraction of sp³-hybridized carbons (Fsp3) is 0.179. The van der Waals surface area contributed by atoms with Gasteiger partial charge in [0.2, 0.25) is 0 Å². The van der Waals surface area contributed by atoms with Crippen molar-refractivity contribution in [2.24, 2.45) is 0 Å². The minimum absolute atomic E-state index is 0.0291. The molecule has 0 aliphatic carbocycles. The van der Waals surface area contributed by atoms with Gasteiger partial charge in [0.1, 0.15) is 30.0 Å². The van der Waals surface area contributed by atoms with Crippen molar-refractivity contribution in [3.63, 3.8) is 0 Å². The Morgan fingerprint density at radius 3 is 2.87 bits per heavy atom. The molecule has 190 valence electrons. The Labute approximate surface area is 218 Å². The third kappa shape index (κ3) is 4.53. The van der Waals surface area contributed by atoms with Gasteiger partial charge >= 0.3 is 0 Å². The smallest absolute Gasteiger partial charge is 0.253 e. The lowest BCUT2D eigenvalue weighted by molar-refractivity contribution is -0.114. The van der Waals surface area contributed by atoms with Gasteiger partial charge in [-0.25, -0.2) is 19.5 Å². The molecule has 3 aromatic heterocycles. The maximum Gasteiger partial charge on any atom is 0.253 e. The van der Waals surface area contributed by atoms with Crippen molar-refractivity contribution in [2.45, 2.75) is 19.8 Å². The molecule has 0 unspecified atom stereocenters. The molecule has 10 nitrogen and oxygen atoms in total. The van der Waals surface area contributed by atoms with Crippen LogP contribution in [0.3, 0.4) is 0 Å². The standard InChI is InChI=1S/C28H25N7O3/c1-18-13-20(4-7-25(18)38-22-9-11-35-26(15-22)30-17-32-35)33-27-23-14-21(5-6-24(23)29-16-31-27)34-10-8-19(28(34)37)3-2-12-36/h3-7,9,11,13-17,36H,2,8,10,12H2,1H3,(H,29,31,33)/b19-3+. The second-order valence-corrected chi connectivity index (χ2v) is 9.00. The predicted octanol–water partition coefficient (Wildman–Crippen LogP) is 4.56. The van der Waals surface area contributed by atoms with Crippen LogP contribution in [0, 0.1) is 6.92 Å². The number of fused-ring (bicyclic) bond motifs is 2. The van der Waals surface area contributed by atoms with Crippen LogP contribution >= 0.6 is 0 Å². The zero-order valence-corrected chi connectivity index (χ0v) is 20.7. The van der Waals surface area contributed by atoms with E-state index in [0.717, 1.165) is 39.2 Å². The summed E-state index contributed by atoms with van der Waals surface area (Å²) in [4.78, 5) is 27.7. The van der Waals surface area contributed by atoms with Crippen LogP contribution in [0.5, 0.6) is 11.5 Å². The van der Waals surface area contributed by atoms with Crippen LogP contribution in [0.15, 0.2) is 79.0 Å². The zero-order valence-electron chi connectivity index (χ0n) is 20.7. The Morgan fingerprint density at radius 1 is 1.08 bits per heavy atom. The number of hydrogen-bond donors (Lipinski definition) is 2. The van der Waals surface area contributed by atoms with E-state index in [1.54, 1.807) is 15.6 Å². The Morgan fingerprint density at radius 2 is 2.00 bits per heavy atom. The average molecular weight is 508 g/mol. The lowest BCUT2D eigenvalue weighted by Crippen LogP contribution is -2.24. The number of aliphatic hydroxyl groups is 1. The van der Waals surface area contributed by atoms with Gasteiger partial charge in [-0.05, 0) is 67.8 Å². The first-order chi connectivity index (χ1) is 18.6. The van der Waals surface area contributed by atoms with Crippen LogP contribution in [0.2, 0.25) is 0 Å². The molecule has 0 atom stereocenters. The summed E-state index contributed by atoms with van der Waals surface area (Å²) in [6.45, 7) is 2.61. The largest absolute Gasteiger partial charge is 0.457 e. The van der Waals surface area contributed by atoms with Crippen molar-refractivity contribution in [1.82, 2.24) is 24.6 Å². The van der Waals surface area contributed by atoms with Gasteiger partial charge in [-0.15, -0.1) is 0 Å². The van der Waals surface area contributed by atoms with Crippen molar-refractivity contribution in [2.75, 3.05) is 23.4 Å². The van der Waals surface area contributed by atoms with Crippen molar-refractivity contribution in [1.29, 1.82) is 0 Å². The molecular weight excluding hydrogens is 482 g/mol. The van der Waals surface area contributed by atoms with E-state index in [1.165, 1.54) is 12.7 Å². The molecular formula is C28H25N7O3. The van der Waals surface area contributed by atoms with Crippen molar-refractivity contribution < 1.29 is 14.6 Å². The highest BCUT2D eigenvalue weighted by atomic mass is 16.5. The van der Waals surface area contributed by atoms with Gasteiger partial charge in [0.15, 0.2) is 5.65 Å². The predicted molar refractivity (Wildman–Crippen MR) is 144 cm³/mol. The molecule has 0 spiro atoms. The van der Waals surface area contributed by atoms with Gasteiger partial charge in [-0.3, -0.25) is 4.79 Å². The molecule has 6 rings (SSSR count). The molecule has 2 N–H and O–H groups in total. The molecule has 1 saturated heterocycles. The van der Waals surface area contributed by atoms with Gasteiger partial charge in [-0.2, -0.15) is 5.10 Å². The highest BCUT2D eigenvalue weighted by Crippen LogP contribution is 2.33. The summed E-state index contributed by atoms with van der Waals surface area (Å²) < 4.78 is 7.76. The van der Waals surface area contributed by atoms with Crippen molar-refractivity contribution in [3.8, 4) is 11.5 Å². The molecule has 2 aromatic carbocycles. The van der Waals surface area contributed by atoms with Gasteiger partial charge in [0.25, 0.3) is 5.91 Å². The lowest BCUT2D eigenvalue weighted by atomic mass is 10.1. The highest BCUT2D eigenvalue weighted by molar-refractivity contribution is 6.09. The first-order valence-corrected chi connectivity index (χ1v) is 12.3. The summed E-state index contributed by atoms with van der Waals surface area (Å²) in [5.41, 5.74) is 4.80. The van der Waals surface area contributed by atoms with E-state index >= 15 is 0 Å². The number of rotatable bonds is 7. The van der Waals surface area contributed by atoms with Gasteiger partial charge < -0.3 is 20.1 Å². The molecule has 4 heterocycles. The van der Waals surface area contributed by atoms with Crippen LogP contribution in [0.4, 0.5) is 17.2 Å². The number of ether oxygens (including phenoxy) is 1. The van der Waals surface area contributed by atoms with E-state index in [-0.39, 0.29) is 12.5 Å². The molecule has 1 aliphatic heterocycles. The number of pyridine rings is 1. The quantitative estimate of drug-likeness (QED) is 0.308. The first kappa shape index (κ1) is 23.6. The number of nitrogens with one attached hydrogen (secondary N) is 1. The molecule has 1 amide bonds. The van der Waals surface area contributed by atoms with Gasteiger partial charge in [-0.1, -0.05) is 6.08 Å². The third-order valence-electron chi connectivity index (χ3n) is 6.49. The number of benzene rings is 2. The van der Waals surface area contributed by atoms with Gasteiger partial charge in [0.05, 0.1) is 5.52 Å². The van der Waals surface area contributed by atoms with Crippen molar-refractivity contribution >= 4 is 39.6 Å². The molecule has 0 bridgehead atoms. The number of anilines is 3. The topological polar surface area (TPSA) is 118 Å². The van der Waals surface area contributed by atoms with Crippen LogP contribution in [-0.2, 0) is 4.79 Å². The zero-order chi connectivity index (χ0) is 26.1. The lowest BCUT2D eigenvalue weighted by Gasteiger charge is -2.17. The summed E-state index contributed by atoms with van der Waals surface area (Å²) in [5, 5.41) is 17.4. The summed E-state index contributed by atoms with van der Waals surface area (Å²) in [5.74, 6) is 2.02. The molecule has 38 heavy (non-hydrogen) atoms. The van der Waals surface area contributed by atoms with Gasteiger partial charge in [0, 0.05) is 47.7 Å². The Balaban J connectivity index is 1.24. The molecule has 10 heteroatoms. The molecule has 1 aliphatic rings. The fourth-order valence-electron chi connectivity index (χ4n) is 4.57. The second-order valence-electron chi connectivity index (χ2n) is 9.00. The van der Waals surface area contributed by atoms with E-state index in [1.807, 2.05) is 61.5 Å². The Bertz CT molecular complexity index is 1700. The highest BCUT2D eigenvalue weighted by Gasteiger charge is 2.27. The monoisotopic (exact) mass is 507 g/mol. The molecule has 1 fully saturated rings. The van der Waals surface area contributed by atoms with Crippen LogP contribution in [0.25, 0.3) is 16.6 Å². The van der Waals surface area contributed by atoms with E-state index in [4.69, 9.17) is 9.84 Å². The number of aliphatic hydroxyl groups excluding tert-OH is 1. The number of hydrogen-bond acceptors (Lipinski definition) is 8. The molecule has 0 saturated carbocycles. The fourth-order valence-corrected chi connectivity index (χ4v) is 4.57. The van der Waals surface area contributed by atoms with E-state index < -0.39 is 0 Å². The Kier molecular flexibility index (Phi) is 6.14. The third-order valence-corrected chi connectivity index (χ3v) is 6.49. The number of amides is 1. The SMILES string of the molecule is Cc1cc(Nc2ncnc3ccc(N4CC/C(=C\CCO)C4=O)cc23)ccc1Oc1ccn2ncnc2c1. The Hall–Kier alpha value is -4.83. The van der Waals surface area contributed by atoms with Crippen LogP contribution in [0.1, 0.15) is 18.4 Å². The average Bonchev–Trinajstić information content (AvgIpc) is 3.55. The maximum atomic E-state index is 12.9. The number of aromatic nitrogens is 5. The summed E-state index contributed by atoms with van der Waals surface area (Å²) in [6.07, 6.45) is 7.79. The van der Waals surface area contributed by atoms with Crippen LogP contribution < -0.4 is 15.0 Å². The number of aryl methyl sites for hydroxylation is 1. The van der Waals surface area contributed by atoms with Crippen LogP contribution in [-0.4, -0.2) is 48.7 Å². The number of carbonyl (C=O) groups excluding carboxylic acids is 1. The van der Waals surface area contributed by atoms with E-state index in [0.29, 0.717) is 36.6 Å². The molecule has 0 radical (unpaired) electrons. The molecule has 5 aromatic rings. The minimum Gasteiger partial charge on any atom is -0.457 e. The second kappa shape index (κ2) is 9.91. The normalized spacial score (nSPS) is 14.6. The maximum absolute atomic E-state index is 12.9. The van der Waals surface area contributed by atoms with Crippen molar-refractivity contribution in [3.05, 3.63) is 84.6 Å². The number of carbonyl (C=O) groups is 1. The first-order valence-electron chi connectivity index (χ1n) is 12.3. The van der Waals surface area contributed by atoms with E-state index in [9.17, 15) is 4.79 Å².